The lowest BCUT2D eigenvalue weighted by Gasteiger charge is -2.19. The Morgan fingerprint density at radius 3 is 2.50 bits per heavy atom. The number of sulfonamides is 1. The first-order valence-electron chi connectivity index (χ1n) is 7.91. The summed E-state index contributed by atoms with van der Waals surface area (Å²) in [6.45, 7) is -0.0640. The van der Waals surface area contributed by atoms with Crippen LogP contribution in [0.25, 0.3) is 0 Å². The molecule has 0 unspecified atom stereocenters. The summed E-state index contributed by atoms with van der Waals surface area (Å²) in [5.41, 5.74) is 1.48. The third kappa shape index (κ3) is 6.33. The summed E-state index contributed by atoms with van der Waals surface area (Å²) in [5, 5.41) is 3.22. The van der Waals surface area contributed by atoms with Crippen molar-refractivity contribution in [1.82, 2.24) is 4.31 Å². The number of ether oxygens (including phenoxy) is 1. The molecular weight excluding hydrogens is 376 g/mol. The number of methoxy groups -OCH3 is 1. The van der Waals surface area contributed by atoms with Gasteiger partial charge in [-0.15, -0.1) is 0 Å². The van der Waals surface area contributed by atoms with Crippen LogP contribution in [0.3, 0.4) is 0 Å². The fourth-order valence-electron chi connectivity index (χ4n) is 2.34. The van der Waals surface area contributed by atoms with E-state index in [9.17, 15) is 13.2 Å². The number of hydrogen-bond acceptors (Lipinski definition) is 4. The molecule has 2 aromatic carbocycles. The predicted molar refractivity (Wildman–Crippen MR) is 103 cm³/mol. The molecule has 0 spiro atoms. The molecule has 0 radical (unpaired) electrons. The Hall–Kier alpha value is -2.09. The maximum Gasteiger partial charge on any atom is 0.239 e. The first kappa shape index (κ1) is 20.2. The van der Waals surface area contributed by atoms with Crippen molar-refractivity contribution in [1.29, 1.82) is 0 Å². The number of rotatable bonds is 8. The summed E-state index contributed by atoms with van der Waals surface area (Å²) in [6.07, 6.45) is 1.56. The second-order valence-corrected chi connectivity index (χ2v) is 8.17. The van der Waals surface area contributed by atoms with Crippen molar-refractivity contribution in [2.75, 3.05) is 31.8 Å². The number of hydrogen-bond donors (Lipinski definition) is 1. The van der Waals surface area contributed by atoms with Gasteiger partial charge in [-0.3, -0.25) is 4.79 Å². The van der Waals surface area contributed by atoms with E-state index in [4.69, 9.17) is 16.3 Å². The van der Waals surface area contributed by atoms with E-state index >= 15 is 0 Å². The number of nitrogens with one attached hydrogen (secondary N) is 1. The van der Waals surface area contributed by atoms with Crippen molar-refractivity contribution in [3.63, 3.8) is 0 Å². The summed E-state index contributed by atoms with van der Waals surface area (Å²) < 4.78 is 30.3. The van der Waals surface area contributed by atoms with Gasteiger partial charge in [0.05, 0.1) is 19.9 Å². The molecule has 1 amide bonds. The Morgan fingerprint density at radius 1 is 1.19 bits per heavy atom. The zero-order valence-corrected chi connectivity index (χ0v) is 16.2. The average molecular weight is 397 g/mol. The number of amides is 1. The Bertz CT molecular complexity index is 854. The standard InChI is InChI=1S/C18H21ClN2O4S/c1-25-17-5-3-4-14(12-17)10-11-21(26(2,23)24)13-18(22)20-16-8-6-15(19)7-9-16/h3-9,12H,10-11,13H2,1-2H3,(H,20,22). The summed E-state index contributed by atoms with van der Waals surface area (Å²) >= 11 is 5.80. The molecular formula is C18H21ClN2O4S. The van der Waals surface area contributed by atoms with Crippen LogP contribution in [0.2, 0.25) is 5.02 Å². The largest absolute Gasteiger partial charge is 0.497 e. The van der Waals surface area contributed by atoms with E-state index in [2.05, 4.69) is 5.32 Å². The summed E-state index contributed by atoms with van der Waals surface area (Å²) in [6, 6.07) is 14.0. The second kappa shape index (κ2) is 9.02. The van der Waals surface area contributed by atoms with Gasteiger partial charge >= 0.3 is 0 Å². The smallest absolute Gasteiger partial charge is 0.239 e. The molecule has 2 rings (SSSR count). The van der Waals surface area contributed by atoms with E-state index < -0.39 is 15.9 Å². The molecule has 0 heterocycles. The van der Waals surface area contributed by atoms with Gasteiger partial charge in [-0.05, 0) is 48.4 Å². The third-order valence-corrected chi connectivity index (χ3v) is 5.20. The highest BCUT2D eigenvalue weighted by atomic mass is 35.5. The van der Waals surface area contributed by atoms with Crippen molar-refractivity contribution < 1.29 is 17.9 Å². The van der Waals surface area contributed by atoms with Gasteiger partial charge in [0.15, 0.2) is 0 Å². The third-order valence-electron chi connectivity index (χ3n) is 3.70. The molecule has 0 bridgehead atoms. The first-order chi connectivity index (χ1) is 12.3. The molecule has 0 aliphatic carbocycles. The average Bonchev–Trinajstić information content (AvgIpc) is 2.59. The molecule has 6 nitrogen and oxygen atoms in total. The van der Waals surface area contributed by atoms with Crippen LogP contribution in [0.4, 0.5) is 5.69 Å². The van der Waals surface area contributed by atoms with Crippen molar-refractivity contribution in [3.05, 3.63) is 59.1 Å². The highest BCUT2D eigenvalue weighted by molar-refractivity contribution is 7.88. The number of carbonyl (C=O) groups excluding carboxylic acids is 1. The summed E-state index contributed by atoms with van der Waals surface area (Å²) in [5.74, 6) is 0.289. The van der Waals surface area contributed by atoms with E-state index in [0.29, 0.717) is 22.9 Å². The van der Waals surface area contributed by atoms with Gasteiger partial charge in [0.1, 0.15) is 5.75 Å². The number of benzene rings is 2. The molecule has 140 valence electrons. The predicted octanol–water partition coefficient (Wildman–Crippen LogP) is 2.79. The molecule has 26 heavy (non-hydrogen) atoms. The maximum absolute atomic E-state index is 12.2. The maximum atomic E-state index is 12.2. The fraction of sp³-hybridized carbons (Fsp3) is 0.278. The van der Waals surface area contributed by atoms with Gasteiger partial charge in [0.25, 0.3) is 0 Å². The molecule has 0 aliphatic rings. The van der Waals surface area contributed by atoms with Gasteiger partial charge in [0, 0.05) is 17.3 Å². The highest BCUT2D eigenvalue weighted by Crippen LogP contribution is 2.15. The molecule has 0 aliphatic heterocycles. The topological polar surface area (TPSA) is 75.7 Å². The lowest BCUT2D eigenvalue weighted by Crippen LogP contribution is -2.38. The molecule has 1 N–H and O–H groups in total. The van der Waals surface area contributed by atoms with Gasteiger partial charge in [-0.2, -0.15) is 4.31 Å². The lowest BCUT2D eigenvalue weighted by atomic mass is 10.1. The van der Waals surface area contributed by atoms with Crippen LogP contribution in [0, 0.1) is 0 Å². The van der Waals surface area contributed by atoms with Crippen molar-refractivity contribution in [2.45, 2.75) is 6.42 Å². The van der Waals surface area contributed by atoms with E-state index in [-0.39, 0.29) is 13.1 Å². The Morgan fingerprint density at radius 2 is 1.88 bits per heavy atom. The van der Waals surface area contributed by atoms with Gasteiger partial charge < -0.3 is 10.1 Å². The number of carbonyl (C=O) groups is 1. The summed E-state index contributed by atoms with van der Waals surface area (Å²) in [4.78, 5) is 12.2. The van der Waals surface area contributed by atoms with Crippen LogP contribution in [0.15, 0.2) is 48.5 Å². The van der Waals surface area contributed by atoms with Gasteiger partial charge in [-0.25, -0.2) is 8.42 Å². The second-order valence-electron chi connectivity index (χ2n) is 5.75. The first-order valence-corrected chi connectivity index (χ1v) is 10.1. The van der Waals surface area contributed by atoms with Crippen LogP contribution in [0.1, 0.15) is 5.56 Å². The molecule has 2 aromatic rings. The van der Waals surface area contributed by atoms with Crippen LogP contribution >= 0.6 is 11.6 Å². The van der Waals surface area contributed by atoms with Gasteiger partial charge in [0.2, 0.25) is 15.9 Å². The monoisotopic (exact) mass is 396 g/mol. The fourth-order valence-corrected chi connectivity index (χ4v) is 3.24. The van der Waals surface area contributed by atoms with E-state index in [0.717, 1.165) is 16.1 Å². The zero-order chi connectivity index (χ0) is 19.2. The number of anilines is 1. The molecule has 0 atom stereocenters. The van der Waals surface area contributed by atoms with Crippen LogP contribution in [-0.2, 0) is 21.2 Å². The minimum absolute atomic E-state index is 0.194. The van der Waals surface area contributed by atoms with Crippen molar-refractivity contribution in [3.8, 4) is 5.75 Å². The quantitative estimate of drug-likeness (QED) is 0.744. The molecule has 0 aromatic heterocycles. The molecule has 8 heteroatoms. The van der Waals surface area contributed by atoms with Crippen molar-refractivity contribution in [2.24, 2.45) is 0 Å². The normalized spacial score (nSPS) is 11.4. The highest BCUT2D eigenvalue weighted by Gasteiger charge is 2.20. The minimum Gasteiger partial charge on any atom is -0.497 e. The molecule has 0 saturated carbocycles. The van der Waals surface area contributed by atoms with Crippen molar-refractivity contribution >= 4 is 33.2 Å². The molecule has 0 fully saturated rings. The van der Waals surface area contributed by atoms with Crippen LogP contribution < -0.4 is 10.1 Å². The van der Waals surface area contributed by atoms with Gasteiger partial charge in [-0.1, -0.05) is 23.7 Å². The molecule has 0 saturated heterocycles. The zero-order valence-electron chi connectivity index (χ0n) is 14.6. The summed E-state index contributed by atoms with van der Waals surface area (Å²) in [7, 11) is -1.95. The van der Waals surface area contributed by atoms with Crippen LogP contribution in [0.5, 0.6) is 5.75 Å². The lowest BCUT2D eigenvalue weighted by molar-refractivity contribution is -0.116. The number of halogens is 1. The van der Waals surface area contributed by atoms with E-state index in [1.165, 1.54) is 0 Å². The Balaban J connectivity index is 2.00. The minimum atomic E-state index is -3.52. The Kier molecular flexibility index (Phi) is 7.02. The SMILES string of the molecule is COc1cccc(CCN(CC(=O)Nc2ccc(Cl)cc2)S(C)(=O)=O)c1. The number of nitrogens with zero attached hydrogens (tertiary/aromatic N) is 1. The Labute approximate surface area is 158 Å². The van der Waals surface area contributed by atoms with E-state index in [1.54, 1.807) is 31.4 Å². The van der Waals surface area contributed by atoms with Crippen LogP contribution in [-0.4, -0.2) is 45.1 Å². The van der Waals surface area contributed by atoms with E-state index in [1.807, 2.05) is 24.3 Å².